The Morgan fingerprint density at radius 1 is 1.03 bits per heavy atom. The van der Waals surface area contributed by atoms with Crippen LogP contribution in [-0.4, -0.2) is 56.0 Å². The molecule has 0 saturated carbocycles. The van der Waals surface area contributed by atoms with E-state index in [0.717, 1.165) is 0 Å². The molecule has 2 atom stereocenters. The van der Waals surface area contributed by atoms with Crippen molar-refractivity contribution < 1.29 is 38.4 Å². The van der Waals surface area contributed by atoms with Crippen molar-refractivity contribution in [2.24, 2.45) is 0 Å². The minimum Gasteiger partial charge on any atom is -0.493 e. The molecule has 31 heavy (non-hydrogen) atoms. The summed E-state index contributed by atoms with van der Waals surface area (Å²) >= 11 is 0. The van der Waals surface area contributed by atoms with Gasteiger partial charge >= 0.3 is 5.97 Å². The van der Waals surface area contributed by atoms with Crippen molar-refractivity contribution in [2.75, 3.05) is 28.1 Å². The van der Waals surface area contributed by atoms with Gasteiger partial charge in [0.15, 0.2) is 23.0 Å². The van der Waals surface area contributed by atoms with Crippen LogP contribution in [0.2, 0.25) is 0 Å². The van der Waals surface area contributed by atoms with Crippen molar-refractivity contribution in [2.45, 2.75) is 24.9 Å². The number of rotatable bonds is 7. The van der Waals surface area contributed by atoms with E-state index in [1.165, 1.54) is 26.2 Å². The molecule has 1 amide bonds. The first-order valence-electron chi connectivity index (χ1n) is 9.72. The van der Waals surface area contributed by atoms with E-state index in [0.29, 0.717) is 39.9 Å². The monoisotopic (exact) mass is 429 g/mol. The third-order valence-electron chi connectivity index (χ3n) is 5.53. The molecule has 1 fully saturated rings. The summed E-state index contributed by atoms with van der Waals surface area (Å²) in [6.45, 7) is 0.105. The highest BCUT2D eigenvalue weighted by Crippen LogP contribution is 2.45. The van der Waals surface area contributed by atoms with E-state index in [4.69, 9.17) is 23.7 Å². The minimum absolute atomic E-state index is 0.105. The first kappa shape index (κ1) is 20.6. The van der Waals surface area contributed by atoms with Crippen LogP contribution in [0.1, 0.15) is 30.0 Å². The maximum absolute atomic E-state index is 12.9. The largest absolute Gasteiger partial charge is 0.493 e. The molecule has 2 aromatic rings. The van der Waals surface area contributed by atoms with E-state index in [-0.39, 0.29) is 25.5 Å². The van der Waals surface area contributed by atoms with Crippen LogP contribution in [0, 0.1) is 0 Å². The Balaban J connectivity index is 1.91. The lowest BCUT2D eigenvalue weighted by Gasteiger charge is -2.33. The second-order valence-corrected chi connectivity index (χ2v) is 7.17. The molecule has 1 unspecified atom stereocenters. The van der Waals surface area contributed by atoms with Crippen LogP contribution in [0.4, 0.5) is 0 Å². The summed E-state index contributed by atoms with van der Waals surface area (Å²) in [6.07, 6.45) is 0.391. The third kappa shape index (κ3) is 3.56. The molecular formula is C22H23NO8. The summed E-state index contributed by atoms with van der Waals surface area (Å²) < 4.78 is 27.3. The van der Waals surface area contributed by atoms with Gasteiger partial charge in [0.25, 0.3) is 0 Å². The van der Waals surface area contributed by atoms with Crippen LogP contribution in [0.5, 0.6) is 28.7 Å². The number of amides is 1. The Bertz CT molecular complexity index is 996. The molecule has 0 radical (unpaired) electrons. The van der Waals surface area contributed by atoms with Gasteiger partial charge in [0.1, 0.15) is 6.04 Å². The number of carboxylic acids is 1. The zero-order valence-electron chi connectivity index (χ0n) is 17.4. The standard InChI is InChI=1S/C22H23NO8/c1-27-17-9-13(10-18(28-2)21(17)29-3)20(23-14(22(25)26)5-7-19(23)24)12-4-6-15-16(8-12)31-11-30-15/h4,6,8-10,14,20H,5,7,11H2,1-3H3,(H,25,26)/t14-,20?/m1/s1. The number of likely N-dealkylation sites (tertiary alicyclic amines) is 1. The summed E-state index contributed by atoms with van der Waals surface area (Å²) in [5, 5.41) is 9.77. The maximum Gasteiger partial charge on any atom is 0.326 e. The number of nitrogens with zero attached hydrogens (tertiary/aromatic N) is 1. The summed E-state index contributed by atoms with van der Waals surface area (Å²) in [7, 11) is 4.50. The topological polar surface area (TPSA) is 104 Å². The normalized spacial score (nSPS) is 18.1. The van der Waals surface area contributed by atoms with Gasteiger partial charge in [-0.05, 0) is 41.8 Å². The van der Waals surface area contributed by atoms with Crippen molar-refractivity contribution in [1.82, 2.24) is 4.90 Å². The van der Waals surface area contributed by atoms with Crippen LogP contribution >= 0.6 is 0 Å². The van der Waals surface area contributed by atoms with Crippen LogP contribution in [0.25, 0.3) is 0 Å². The van der Waals surface area contributed by atoms with E-state index < -0.39 is 18.1 Å². The fraction of sp³-hybridized carbons (Fsp3) is 0.364. The number of benzene rings is 2. The summed E-state index contributed by atoms with van der Waals surface area (Å²) in [5.74, 6) is 1.04. The average molecular weight is 429 g/mol. The Morgan fingerprint density at radius 2 is 1.71 bits per heavy atom. The highest BCUT2D eigenvalue weighted by atomic mass is 16.7. The van der Waals surface area contributed by atoms with Crippen molar-refractivity contribution >= 4 is 11.9 Å². The first-order chi connectivity index (χ1) is 15.0. The lowest BCUT2D eigenvalue weighted by Crippen LogP contribution is -2.41. The molecule has 2 aliphatic rings. The predicted molar refractivity (Wildman–Crippen MR) is 108 cm³/mol. The molecule has 9 heteroatoms. The van der Waals surface area contributed by atoms with E-state index in [1.807, 2.05) is 0 Å². The lowest BCUT2D eigenvalue weighted by molar-refractivity contribution is -0.147. The van der Waals surface area contributed by atoms with Gasteiger partial charge in [0, 0.05) is 6.42 Å². The smallest absolute Gasteiger partial charge is 0.326 e. The second kappa shape index (κ2) is 8.25. The molecule has 2 aliphatic heterocycles. The summed E-state index contributed by atoms with van der Waals surface area (Å²) in [4.78, 5) is 26.2. The average Bonchev–Trinajstić information content (AvgIpc) is 3.39. The number of hydrogen-bond acceptors (Lipinski definition) is 7. The highest BCUT2D eigenvalue weighted by molar-refractivity contribution is 5.88. The molecule has 0 aromatic heterocycles. The van der Waals surface area contributed by atoms with Crippen molar-refractivity contribution in [3.05, 3.63) is 41.5 Å². The van der Waals surface area contributed by atoms with E-state index in [1.54, 1.807) is 30.3 Å². The number of fused-ring (bicyclic) bond motifs is 1. The molecule has 9 nitrogen and oxygen atoms in total. The van der Waals surface area contributed by atoms with Gasteiger partial charge in [-0.25, -0.2) is 4.79 Å². The number of carbonyl (C=O) groups is 2. The van der Waals surface area contributed by atoms with Crippen LogP contribution in [0.15, 0.2) is 30.3 Å². The van der Waals surface area contributed by atoms with Gasteiger partial charge in [-0.2, -0.15) is 0 Å². The molecule has 2 heterocycles. The van der Waals surface area contributed by atoms with Gasteiger partial charge in [-0.3, -0.25) is 4.79 Å². The molecule has 0 bridgehead atoms. The fourth-order valence-corrected chi connectivity index (χ4v) is 4.12. The minimum atomic E-state index is -1.05. The fourth-order valence-electron chi connectivity index (χ4n) is 4.12. The van der Waals surface area contributed by atoms with Gasteiger partial charge in [0.2, 0.25) is 18.4 Å². The SMILES string of the molecule is COc1cc(C(c2ccc3c(c2)OCO3)N2C(=O)CC[C@@H]2C(=O)O)cc(OC)c1OC. The molecular weight excluding hydrogens is 406 g/mol. The second-order valence-electron chi connectivity index (χ2n) is 7.17. The summed E-state index contributed by atoms with van der Waals surface area (Å²) in [6, 6.07) is 7.09. The van der Waals surface area contributed by atoms with Gasteiger partial charge in [-0.1, -0.05) is 6.07 Å². The predicted octanol–water partition coefficient (Wildman–Crippen LogP) is 2.61. The van der Waals surface area contributed by atoms with Crippen LogP contribution in [0.3, 0.4) is 0 Å². The molecule has 1 saturated heterocycles. The maximum atomic E-state index is 12.9. The zero-order chi connectivity index (χ0) is 22.1. The number of ether oxygens (including phenoxy) is 5. The van der Waals surface area contributed by atoms with Gasteiger partial charge in [-0.15, -0.1) is 0 Å². The molecule has 2 aromatic carbocycles. The third-order valence-corrected chi connectivity index (χ3v) is 5.53. The molecule has 1 N–H and O–H groups in total. The molecule has 4 rings (SSSR count). The van der Waals surface area contributed by atoms with Crippen molar-refractivity contribution in [3.63, 3.8) is 0 Å². The Morgan fingerprint density at radius 3 is 2.32 bits per heavy atom. The Labute approximate surface area is 179 Å². The molecule has 0 spiro atoms. The van der Waals surface area contributed by atoms with Crippen molar-refractivity contribution in [3.8, 4) is 28.7 Å². The first-order valence-corrected chi connectivity index (χ1v) is 9.72. The quantitative estimate of drug-likeness (QED) is 0.716. The van der Waals surface area contributed by atoms with Crippen LogP contribution in [-0.2, 0) is 9.59 Å². The number of methoxy groups -OCH3 is 3. The summed E-state index contributed by atoms with van der Waals surface area (Å²) in [5.41, 5.74) is 1.30. The van der Waals surface area contributed by atoms with Crippen LogP contribution < -0.4 is 23.7 Å². The highest BCUT2D eigenvalue weighted by Gasteiger charge is 2.42. The van der Waals surface area contributed by atoms with Crippen molar-refractivity contribution in [1.29, 1.82) is 0 Å². The van der Waals surface area contributed by atoms with E-state index >= 15 is 0 Å². The lowest BCUT2D eigenvalue weighted by atomic mass is 9.95. The number of hydrogen-bond donors (Lipinski definition) is 1. The Hall–Kier alpha value is -3.62. The van der Waals surface area contributed by atoms with Gasteiger partial charge in [0.05, 0.1) is 27.4 Å². The zero-order valence-corrected chi connectivity index (χ0v) is 17.4. The molecule has 0 aliphatic carbocycles. The van der Waals surface area contributed by atoms with E-state index in [9.17, 15) is 14.7 Å². The number of carbonyl (C=O) groups excluding carboxylic acids is 1. The Kier molecular flexibility index (Phi) is 5.50. The number of aliphatic carboxylic acids is 1. The number of carboxylic acid groups (broad SMARTS) is 1. The molecule has 164 valence electrons. The van der Waals surface area contributed by atoms with E-state index in [2.05, 4.69) is 0 Å². The van der Waals surface area contributed by atoms with Gasteiger partial charge < -0.3 is 33.7 Å².